The molecule has 4 nitrogen and oxygen atoms in total. The van der Waals surface area contributed by atoms with Crippen molar-refractivity contribution in [3.63, 3.8) is 0 Å². The van der Waals surface area contributed by atoms with Gasteiger partial charge in [0.05, 0.1) is 17.2 Å². The predicted octanol–water partition coefficient (Wildman–Crippen LogP) is 3.43. The van der Waals surface area contributed by atoms with E-state index in [4.69, 9.17) is 4.74 Å². The van der Waals surface area contributed by atoms with Crippen molar-refractivity contribution < 1.29 is 14.3 Å². The van der Waals surface area contributed by atoms with E-state index < -0.39 is 0 Å². The average Bonchev–Trinajstić information content (AvgIpc) is 2.69. The Hall–Kier alpha value is -1.68. The molecule has 0 N–H and O–H groups in total. The first-order valence-corrected chi connectivity index (χ1v) is 7.59. The van der Waals surface area contributed by atoms with Gasteiger partial charge in [-0.1, -0.05) is 25.5 Å². The molecule has 2 amide bonds. The molecule has 2 rings (SSSR count). The first-order valence-electron chi connectivity index (χ1n) is 7.59. The number of hydrogen-bond donors (Lipinski definition) is 0. The van der Waals surface area contributed by atoms with Crippen LogP contribution < -0.4 is 0 Å². The number of amides is 2. The maximum Gasteiger partial charge on any atom is 0.261 e. The summed E-state index contributed by atoms with van der Waals surface area (Å²) in [6.07, 6.45) is 0.840. The lowest BCUT2D eigenvalue weighted by Crippen LogP contribution is -2.31. The highest BCUT2D eigenvalue weighted by Crippen LogP contribution is 2.23. The van der Waals surface area contributed by atoms with Crippen molar-refractivity contribution in [3.05, 3.63) is 34.9 Å². The zero-order valence-electron chi connectivity index (χ0n) is 13.6. The molecule has 21 heavy (non-hydrogen) atoms. The van der Waals surface area contributed by atoms with Gasteiger partial charge < -0.3 is 4.74 Å². The summed E-state index contributed by atoms with van der Waals surface area (Å²) in [5.74, 6) is -0.377. The normalized spacial score (nSPS) is 13.3. The van der Waals surface area contributed by atoms with E-state index in [9.17, 15) is 9.59 Å². The molecule has 4 heteroatoms. The quantitative estimate of drug-likeness (QED) is 0.617. The number of benzene rings is 1. The van der Waals surface area contributed by atoms with Crippen molar-refractivity contribution in [2.75, 3.05) is 13.2 Å². The molecule has 0 spiro atoms. The van der Waals surface area contributed by atoms with E-state index >= 15 is 0 Å². The van der Waals surface area contributed by atoms with Gasteiger partial charge in [0.2, 0.25) is 0 Å². The van der Waals surface area contributed by atoms with E-state index in [1.54, 1.807) is 12.1 Å². The van der Waals surface area contributed by atoms with E-state index in [-0.39, 0.29) is 17.9 Å². The third-order valence-corrected chi connectivity index (χ3v) is 3.10. The number of nitrogens with zero attached hydrogens (tertiary/aromatic N) is 1. The molecular weight excluding hydrogens is 266 g/mol. The van der Waals surface area contributed by atoms with Gasteiger partial charge in [-0.25, -0.2) is 0 Å². The van der Waals surface area contributed by atoms with E-state index in [1.165, 1.54) is 4.90 Å². The van der Waals surface area contributed by atoms with Crippen molar-refractivity contribution in [2.24, 2.45) is 0 Å². The largest absolute Gasteiger partial charge is 0.379 e. The van der Waals surface area contributed by atoms with Crippen LogP contribution in [0.25, 0.3) is 0 Å². The third-order valence-electron chi connectivity index (χ3n) is 3.10. The SMILES string of the molecule is CC.Cc1ccc2c(c1)C(=O)N(CCCOC(C)C)C2=O. The molecule has 0 saturated heterocycles. The molecule has 0 atom stereocenters. The summed E-state index contributed by atoms with van der Waals surface area (Å²) < 4.78 is 5.42. The molecule has 0 unspecified atom stereocenters. The Morgan fingerprint density at radius 3 is 2.33 bits per heavy atom. The molecule has 1 aliphatic rings. The van der Waals surface area contributed by atoms with Crippen molar-refractivity contribution in [1.29, 1.82) is 0 Å². The Morgan fingerprint density at radius 1 is 1.10 bits per heavy atom. The number of carbonyl (C=O) groups is 2. The number of carbonyl (C=O) groups excluding carboxylic acids is 2. The van der Waals surface area contributed by atoms with Gasteiger partial charge in [-0.15, -0.1) is 0 Å². The molecule has 1 aromatic rings. The minimum Gasteiger partial charge on any atom is -0.379 e. The summed E-state index contributed by atoms with van der Waals surface area (Å²) in [6, 6.07) is 5.37. The topological polar surface area (TPSA) is 46.6 Å². The summed E-state index contributed by atoms with van der Waals surface area (Å²) >= 11 is 0. The van der Waals surface area contributed by atoms with Crippen molar-refractivity contribution >= 4 is 11.8 Å². The Balaban J connectivity index is 0.00000106. The van der Waals surface area contributed by atoms with Crippen molar-refractivity contribution in [2.45, 2.75) is 47.1 Å². The summed E-state index contributed by atoms with van der Waals surface area (Å²) in [4.78, 5) is 25.6. The lowest BCUT2D eigenvalue weighted by molar-refractivity contribution is 0.0566. The van der Waals surface area contributed by atoms with Crippen LogP contribution in [0.2, 0.25) is 0 Å². The average molecular weight is 291 g/mol. The fourth-order valence-electron chi connectivity index (χ4n) is 2.15. The highest BCUT2D eigenvalue weighted by molar-refractivity contribution is 6.21. The molecule has 0 bridgehead atoms. The van der Waals surface area contributed by atoms with Crippen LogP contribution in [0.4, 0.5) is 0 Å². The second-order valence-electron chi connectivity index (χ2n) is 5.08. The molecule has 0 aromatic heterocycles. The summed E-state index contributed by atoms with van der Waals surface area (Å²) in [7, 11) is 0. The van der Waals surface area contributed by atoms with E-state index in [0.29, 0.717) is 30.7 Å². The van der Waals surface area contributed by atoms with Crippen LogP contribution in [0.3, 0.4) is 0 Å². The van der Waals surface area contributed by atoms with Gasteiger partial charge in [-0.3, -0.25) is 14.5 Å². The fraction of sp³-hybridized carbons (Fsp3) is 0.529. The van der Waals surface area contributed by atoms with Crippen LogP contribution in [0.15, 0.2) is 18.2 Å². The van der Waals surface area contributed by atoms with Crippen molar-refractivity contribution in [1.82, 2.24) is 4.90 Å². The van der Waals surface area contributed by atoms with Gasteiger partial charge in [0.15, 0.2) is 0 Å². The number of hydrogen-bond acceptors (Lipinski definition) is 3. The van der Waals surface area contributed by atoms with Crippen LogP contribution in [-0.2, 0) is 4.74 Å². The van der Waals surface area contributed by atoms with Crippen molar-refractivity contribution in [3.8, 4) is 0 Å². The van der Waals surface area contributed by atoms with Crippen LogP contribution in [0.5, 0.6) is 0 Å². The zero-order valence-corrected chi connectivity index (χ0v) is 13.6. The zero-order chi connectivity index (χ0) is 16.0. The molecule has 0 saturated carbocycles. The molecule has 0 aliphatic carbocycles. The second-order valence-corrected chi connectivity index (χ2v) is 5.08. The molecule has 0 radical (unpaired) electrons. The maximum absolute atomic E-state index is 12.2. The smallest absolute Gasteiger partial charge is 0.261 e. The monoisotopic (exact) mass is 291 g/mol. The van der Waals surface area contributed by atoms with Gasteiger partial charge in [0.1, 0.15) is 0 Å². The Labute approximate surface area is 127 Å². The summed E-state index contributed by atoms with van der Waals surface area (Å²) in [6.45, 7) is 10.8. The summed E-state index contributed by atoms with van der Waals surface area (Å²) in [5.41, 5.74) is 2.03. The minimum atomic E-state index is -0.190. The Morgan fingerprint density at radius 2 is 1.71 bits per heavy atom. The summed E-state index contributed by atoms with van der Waals surface area (Å²) in [5, 5.41) is 0. The van der Waals surface area contributed by atoms with Gasteiger partial charge in [-0.05, 0) is 39.3 Å². The number of rotatable bonds is 5. The minimum absolute atomic E-state index is 0.171. The standard InChI is InChI=1S/C15H19NO3.C2H6/c1-10(2)19-8-4-7-16-14(17)12-6-5-11(3)9-13(12)15(16)18;1-2/h5-6,9-10H,4,7-8H2,1-3H3;1-2H3. The third kappa shape index (κ3) is 4.14. The molecule has 0 fully saturated rings. The van der Waals surface area contributed by atoms with Gasteiger partial charge >= 0.3 is 0 Å². The molecular formula is C17H25NO3. The van der Waals surface area contributed by atoms with Gasteiger partial charge in [0, 0.05) is 13.2 Å². The number of fused-ring (bicyclic) bond motifs is 1. The second kappa shape index (κ2) is 7.93. The Kier molecular flexibility index (Phi) is 6.56. The van der Waals surface area contributed by atoms with Crippen LogP contribution in [-0.4, -0.2) is 36.0 Å². The first-order chi connectivity index (χ1) is 10.0. The van der Waals surface area contributed by atoms with Crippen LogP contribution >= 0.6 is 0 Å². The number of imide groups is 1. The molecule has 1 aromatic carbocycles. The number of aryl methyl sites for hydroxylation is 1. The first kappa shape index (κ1) is 17.4. The van der Waals surface area contributed by atoms with Crippen LogP contribution in [0, 0.1) is 6.92 Å². The highest BCUT2D eigenvalue weighted by atomic mass is 16.5. The lowest BCUT2D eigenvalue weighted by atomic mass is 10.1. The fourth-order valence-corrected chi connectivity index (χ4v) is 2.15. The molecule has 116 valence electrons. The van der Waals surface area contributed by atoms with E-state index in [1.807, 2.05) is 40.7 Å². The molecule has 1 heterocycles. The maximum atomic E-state index is 12.2. The van der Waals surface area contributed by atoms with E-state index in [2.05, 4.69) is 0 Å². The predicted molar refractivity (Wildman–Crippen MR) is 83.6 cm³/mol. The lowest BCUT2D eigenvalue weighted by Gasteiger charge is -2.14. The van der Waals surface area contributed by atoms with Gasteiger partial charge in [0.25, 0.3) is 11.8 Å². The van der Waals surface area contributed by atoms with Gasteiger partial charge in [-0.2, -0.15) is 0 Å². The highest BCUT2D eigenvalue weighted by Gasteiger charge is 2.34. The Bertz CT molecular complexity index is 509. The van der Waals surface area contributed by atoms with Crippen LogP contribution in [0.1, 0.15) is 60.4 Å². The number of ether oxygens (including phenoxy) is 1. The van der Waals surface area contributed by atoms with E-state index in [0.717, 1.165) is 5.56 Å². The molecule has 1 aliphatic heterocycles.